The molecule has 6 N–H and O–H groups in total. The van der Waals surface area contributed by atoms with Gasteiger partial charge in [-0.05, 0) is 87.4 Å². The first kappa shape index (κ1) is 54.5. The molecule has 2 aliphatic rings. The van der Waals surface area contributed by atoms with Gasteiger partial charge in [0, 0.05) is 83.6 Å². The van der Waals surface area contributed by atoms with Crippen LogP contribution in [0.15, 0.2) is 54.0 Å². The van der Waals surface area contributed by atoms with E-state index in [9.17, 15) is 28.4 Å². The van der Waals surface area contributed by atoms with Crippen LogP contribution in [0.3, 0.4) is 0 Å². The number of rotatable bonds is 16. The molecule has 65 heavy (non-hydrogen) atoms. The largest absolute Gasteiger partial charge is 0.667 e. The number of carbonyl (C=O) groups excluding carboxylic acids is 4. The van der Waals surface area contributed by atoms with Gasteiger partial charge in [0.05, 0.1) is 54.5 Å². The molecule has 0 bridgehead atoms. The fourth-order valence-corrected chi connectivity index (χ4v) is 7.41. The predicted octanol–water partition coefficient (Wildman–Crippen LogP) is 6.70. The zero-order valence-corrected chi connectivity index (χ0v) is 41.9. The zero-order valence-electron chi connectivity index (χ0n) is 38.8. The number of pyridine rings is 2. The average Bonchev–Trinajstić information content (AvgIpc) is 3.64. The van der Waals surface area contributed by atoms with Crippen LogP contribution in [0.25, 0.3) is 28.0 Å². The molecule has 0 saturated carbocycles. The minimum Gasteiger partial charge on any atom is -0.667 e. The Morgan fingerprint density at radius 2 is 1.71 bits per heavy atom. The van der Waals surface area contributed by atoms with Crippen LogP contribution in [0.5, 0.6) is 0 Å². The number of halogens is 1. The van der Waals surface area contributed by atoms with Crippen molar-refractivity contribution in [3.8, 4) is 11.4 Å². The van der Waals surface area contributed by atoms with Gasteiger partial charge in [-0.3, -0.25) is 24.2 Å². The van der Waals surface area contributed by atoms with E-state index < -0.39 is 36.0 Å². The normalized spacial score (nSPS) is 12.8. The minimum absolute atomic E-state index is 0. The summed E-state index contributed by atoms with van der Waals surface area (Å²) in [5.41, 5.74) is 24.4. The Morgan fingerprint density at radius 1 is 1.05 bits per heavy atom. The van der Waals surface area contributed by atoms with E-state index >= 15 is 0 Å². The van der Waals surface area contributed by atoms with Gasteiger partial charge in [-0.2, -0.15) is 0 Å². The molecule has 2 unspecified atom stereocenters. The number of hydrogen-bond donors (Lipinski definition) is 4. The summed E-state index contributed by atoms with van der Waals surface area (Å²) in [6.07, 6.45) is 1.80. The van der Waals surface area contributed by atoms with Gasteiger partial charge < -0.3 is 40.9 Å². The van der Waals surface area contributed by atoms with Gasteiger partial charge in [0.15, 0.2) is 0 Å². The summed E-state index contributed by atoms with van der Waals surface area (Å²) in [5, 5.41) is 7.29. The Labute approximate surface area is 413 Å². The van der Waals surface area contributed by atoms with E-state index in [2.05, 4.69) is 22.6 Å². The van der Waals surface area contributed by atoms with Gasteiger partial charge in [-0.15, -0.1) is 0 Å². The van der Waals surface area contributed by atoms with Crippen LogP contribution in [0, 0.1) is 67.3 Å². The number of primary amides is 1. The van der Waals surface area contributed by atoms with Crippen LogP contribution >= 0.6 is 0 Å². The van der Waals surface area contributed by atoms with Crippen LogP contribution in [0.1, 0.15) is 93.0 Å². The first-order valence-corrected chi connectivity index (χ1v) is 21.5. The van der Waals surface area contributed by atoms with Crippen LogP contribution in [-0.4, -0.2) is 77.3 Å². The number of aromatic nitrogens is 2. The molecule has 2 atom stereocenters. The summed E-state index contributed by atoms with van der Waals surface area (Å²) in [6, 6.07) is 8.64. The molecule has 0 saturated heterocycles. The fraction of sp³-hybridized carbons (Fsp3) is 0.447. The monoisotopic (exact) mass is 1030 g/mol. The molecular weight excluding hydrogens is 964 g/mol. The zero-order chi connectivity index (χ0) is 47.4. The Balaban J connectivity index is 0.000000331. The topological polar surface area (TPSA) is 220 Å². The molecule has 0 spiro atoms. The average molecular weight is 1030 g/mol. The third kappa shape index (κ3) is 13.6. The van der Waals surface area contributed by atoms with Gasteiger partial charge in [-0.1, -0.05) is 58.4 Å². The number of nitrogens with one attached hydrogen (secondary N) is 4. The van der Waals surface area contributed by atoms with Crippen molar-refractivity contribution >= 4 is 40.4 Å². The number of nitrogens with two attached hydrogens (primary N) is 1. The molecule has 2 aromatic carbocycles. The Hall–Kier alpha value is -4.79. The molecule has 350 valence electrons. The summed E-state index contributed by atoms with van der Waals surface area (Å²) in [6.45, 7) is 19.8. The molecule has 2 aromatic heterocycles. The fourth-order valence-electron chi connectivity index (χ4n) is 7.41. The quantitative estimate of drug-likeness (QED) is 0.0466. The molecule has 0 fully saturated rings. The maximum Gasteiger partial charge on any atom is 0.405 e. The van der Waals surface area contributed by atoms with E-state index in [1.165, 1.54) is 48.1 Å². The Bertz CT molecular complexity index is 2410. The minimum atomic E-state index is -1.30. The molecular formula is C47H62CeFN8O8-. The van der Waals surface area contributed by atoms with E-state index in [0.717, 1.165) is 58.3 Å². The van der Waals surface area contributed by atoms with Crippen LogP contribution in [-0.2, 0) is 54.6 Å². The van der Waals surface area contributed by atoms with Crippen molar-refractivity contribution in [1.82, 2.24) is 25.3 Å². The summed E-state index contributed by atoms with van der Waals surface area (Å²) >= 11 is 0. The molecule has 1 aliphatic heterocycles. The van der Waals surface area contributed by atoms with E-state index in [0.29, 0.717) is 42.0 Å². The van der Waals surface area contributed by atoms with E-state index in [-0.39, 0.29) is 78.3 Å². The van der Waals surface area contributed by atoms with Gasteiger partial charge >= 0.3 is 6.09 Å². The molecule has 3 heterocycles. The van der Waals surface area contributed by atoms with Crippen molar-refractivity contribution in [3.63, 3.8) is 0 Å². The molecule has 0 radical (unpaired) electrons. The Kier molecular flexibility index (Phi) is 21.2. The second-order valence-electron chi connectivity index (χ2n) is 15.8. The second kappa shape index (κ2) is 25.2. The number of carbonyl (C=O) groups is 4. The van der Waals surface area contributed by atoms with Gasteiger partial charge in [0.25, 0.3) is 11.5 Å². The van der Waals surface area contributed by atoms with E-state index in [1.807, 2.05) is 47.6 Å². The summed E-state index contributed by atoms with van der Waals surface area (Å²) in [7, 11) is 1.48. The number of nitrogens with zero attached hydrogens (tertiary/aromatic N) is 3. The summed E-state index contributed by atoms with van der Waals surface area (Å²) < 4.78 is 32.0. The van der Waals surface area contributed by atoms with Crippen molar-refractivity contribution in [3.05, 3.63) is 110 Å². The number of fused-ring (bicyclic) bond motifs is 4. The summed E-state index contributed by atoms with van der Waals surface area (Å²) in [4.78, 5) is 66.0. The van der Waals surface area contributed by atoms with Crippen molar-refractivity contribution in [2.24, 2.45) is 11.7 Å². The van der Waals surface area contributed by atoms with Gasteiger partial charge in [-0.25, -0.2) is 19.6 Å². The summed E-state index contributed by atoms with van der Waals surface area (Å²) in [5.74, 6) is -1.94. The molecule has 16 nitrogen and oxygen atoms in total. The smallest absolute Gasteiger partial charge is 0.405 e. The Morgan fingerprint density at radius 3 is 2.32 bits per heavy atom. The van der Waals surface area contributed by atoms with Crippen molar-refractivity contribution < 1.29 is 79.5 Å². The first-order valence-electron chi connectivity index (χ1n) is 21.5. The second-order valence-corrected chi connectivity index (χ2v) is 15.8. The number of benzene rings is 2. The molecule has 1 aliphatic carbocycles. The number of ether oxygens (including phenoxy) is 3. The number of amides is 4. The predicted molar refractivity (Wildman–Crippen MR) is 245 cm³/mol. The number of hydrazine groups is 1. The third-order valence-electron chi connectivity index (χ3n) is 10.8. The number of hydrogen-bond acceptors (Lipinski definition) is 10. The molecule has 4 aromatic rings. The van der Waals surface area contributed by atoms with E-state index in [4.69, 9.17) is 30.7 Å². The van der Waals surface area contributed by atoms with Crippen molar-refractivity contribution in [1.29, 1.82) is 0 Å². The van der Waals surface area contributed by atoms with Crippen molar-refractivity contribution in [2.75, 3.05) is 32.1 Å². The van der Waals surface area contributed by atoms with Crippen LogP contribution in [0.2, 0.25) is 0 Å². The molecule has 4 amide bonds. The van der Waals surface area contributed by atoms with E-state index in [1.54, 1.807) is 24.5 Å². The number of likely N-dealkylation sites (N-methyl/N-ethyl adjacent to an activating group) is 1. The third-order valence-corrected chi connectivity index (χ3v) is 10.8. The van der Waals surface area contributed by atoms with Crippen LogP contribution < -0.4 is 27.4 Å². The SMILES string of the molecule is C=COCc1c(C)cc2n(c1=O)Cc1c-2nc2cc(F)c(C)c3c2c1CCC3.CC.CC(C)OCCNN(C)C(=O)C(OC(N)=O)c1ccc(NC(=O)CNC(=O)C([NH-])C(C)C)cc1.[Ce]. The standard InChI is InChI=1S/C23H21FN2O2.C22H35N6O6.C2H6.Ce/c1-4-28-11-17-12(2)8-20-22-16(10-26(20)23(17)27)15-7-5-6-14-13(3)18(24)9-19(25-22)21(14)15;1-13(2)18(23)20(30)25-12-17(29)27-16-8-6-15(7-9-16)19(34-22(24)32)21(31)28(5)26-10-11-33-14(3)4;1-2;/h4,8-9H,1,5-7,10-11H2,2-3H3;6-9,13-14,18-19,23,26H,10-12H2,1-5H3,(H2,24,32)(H,25,30)(H,27,29);1-2H3;/q;-1;;. The molecule has 6 rings (SSSR count). The van der Waals surface area contributed by atoms with Crippen LogP contribution in [0.4, 0.5) is 14.9 Å². The molecule has 18 heteroatoms. The van der Waals surface area contributed by atoms with Gasteiger partial charge in [0.2, 0.25) is 17.9 Å². The number of anilines is 1. The first-order chi connectivity index (χ1) is 30.4. The number of aryl methyl sites for hydroxylation is 3. The van der Waals surface area contributed by atoms with Gasteiger partial charge in [0.1, 0.15) is 12.4 Å². The maximum atomic E-state index is 14.5. The van der Waals surface area contributed by atoms with Crippen molar-refractivity contribution in [2.45, 2.75) is 106 Å². The maximum absolute atomic E-state index is 14.5.